The van der Waals surface area contributed by atoms with Gasteiger partial charge in [0.05, 0.1) is 18.8 Å². The molecule has 5 rings (SSSR count). The van der Waals surface area contributed by atoms with Crippen molar-refractivity contribution in [2.24, 2.45) is 0 Å². The molecule has 0 spiro atoms. The number of carboxylic acids is 1. The molecule has 10 nitrogen and oxygen atoms in total. The molecular formula is C23H20N4O6. The van der Waals surface area contributed by atoms with E-state index in [1.165, 1.54) is 9.58 Å². The highest BCUT2D eigenvalue weighted by Crippen LogP contribution is 2.28. The van der Waals surface area contributed by atoms with Crippen LogP contribution in [-0.2, 0) is 19.5 Å². The quantitative estimate of drug-likeness (QED) is 0.599. The minimum Gasteiger partial charge on any atom is -0.502 e. The van der Waals surface area contributed by atoms with E-state index in [0.717, 1.165) is 29.5 Å². The molecule has 0 radical (unpaired) electrons. The highest BCUT2D eigenvalue weighted by atomic mass is 16.5. The lowest BCUT2D eigenvalue weighted by atomic mass is 10.1. The zero-order valence-corrected chi connectivity index (χ0v) is 17.5. The van der Waals surface area contributed by atoms with Gasteiger partial charge in [0.1, 0.15) is 18.0 Å². The Hall–Kier alpha value is -4.34. The lowest BCUT2D eigenvalue weighted by Gasteiger charge is -2.39. The van der Waals surface area contributed by atoms with E-state index in [4.69, 9.17) is 4.74 Å². The van der Waals surface area contributed by atoms with Crippen molar-refractivity contribution in [1.29, 1.82) is 0 Å². The number of pyridine rings is 2. The fourth-order valence-electron chi connectivity index (χ4n) is 4.13. The minimum atomic E-state index is -1.49. The van der Waals surface area contributed by atoms with Gasteiger partial charge in [0, 0.05) is 25.4 Å². The first-order valence-electron chi connectivity index (χ1n) is 10.3. The number of carbonyl (C=O) groups is 2. The van der Waals surface area contributed by atoms with Crippen molar-refractivity contribution in [3.8, 4) is 11.5 Å². The summed E-state index contributed by atoms with van der Waals surface area (Å²) in [6.07, 6.45) is 3.49. The predicted molar refractivity (Wildman–Crippen MR) is 116 cm³/mol. The molecule has 3 aromatic rings. The third-order valence-corrected chi connectivity index (χ3v) is 5.72. The number of hydrogen-bond donors (Lipinski definition) is 2. The van der Waals surface area contributed by atoms with Gasteiger partial charge in [0.15, 0.2) is 11.4 Å². The fraction of sp³-hybridized carbons (Fsp3) is 0.217. The molecule has 1 aromatic carbocycles. The molecule has 0 saturated heterocycles. The molecule has 1 amide bonds. The first-order chi connectivity index (χ1) is 15.9. The van der Waals surface area contributed by atoms with Gasteiger partial charge >= 0.3 is 5.97 Å². The number of amides is 1. The molecule has 2 aromatic heterocycles. The Morgan fingerprint density at radius 2 is 2.00 bits per heavy atom. The van der Waals surface area contributed by atoms with Gasteiger partial charge in [-0.1, -0.05) is 18.2 Å². The van der Waals surface area contributed by atoms with Gasteiger partial charge in [-0.2, -0.15) is 0 Å². The number of nitrogens with zero attached hydrogens (tertiary/aromatic N) is 4. The largest absolute Gasteiger partial charge is 0.502 e. The number of carbonyl (C=O) groups excluding carboxylic acids is 1. The second-order valence-corrected chi connectivity index (χ2v) is 7.89. The molecule has 0 saturated carbocycles. The summed E-state index contributed by atoms with van der Waals surface area (Å²) in [4.78, 5) is 43.1. The van der Waals surface area contributed by atoms with Crippen LogP contribution in [-0.4, -0.2) is 49.9 Å². The van der Waals surface area contributed by atoms with E-state index in [2.05, 4.69) is 4.98 Å². The first kappa shape index (κ1) is 20.6. The van der Waals surface area contributed by atoms with Crippen LogP contribution in [0.25, 0.3) is 0 Å². The third kappa shape index (κ3) is 3.65. The van der Waals surface area contributed by atoms with Gasteiger partial charge in [-0.25, -0.2) is 4.79 Å². The second-order valence-electron chi connectivity index (χ2n) is 7.89. The SMILES string of the molecule is O=C(O)c1cn2c(c(O)c1=O)C(=O)N(Cc1ccc3c(c1)CCO3)CN2Cc1ccccn1. The summed E-state index contributed by atoms with van der Waals surface area (Å²) in [7, 11) is 0. The van der Waals surface area contributed by atoms with Crippen LogP contribution >= 0.6 is 0 Å². The van der Waals surface area contributed by atoms with E-state index in [-0.39, 0.29) is 25.5 Å². The monoisotopic (exact) mass is 448 g/mol. The van der Waals surface area contributed by atoms with Gasteiger partial charge in [0.2, 0.25) is 5.43 Å². The van der Waals surface area contributed by atoms with Crippen LogP contribution in [0.1, 0.15) is 37.7 Å². The number of benzene rings is 1. The topological polar surface area (TPSA) is 125 Å². The second kappa shape index (κ2) is 7.97. The molecule has 0 bridgehead atoms. The van der Waals surface area contributed by atoms with Crippen LogP contribution in [0.5, 0.6) is 11.5 Å². The van der Waals surface area contributed by atoms with Crippen molar-refractivity contribution < 1.29 is 24.5 Å². The van der Waals surface area contributed by atoms with Crippen LogP contribution in [0.2, 0.25) is 0 Å². The van der Waals surface area contributed by atoms with Crippen LogP contribution in [0, 0.1) is 0 Å². The normalized spacial score (nSPS) is 14.6. The Morgan fingerprint density at radius 1 is 1.15 bits per heavy atom. The van der Waals surface area contributed by atoms with Crippen molar-refractivity contribution in [3.63, 3.8) is 0 Å². The summed E-state index contributed by atoms with van der Waals surface area (Å²) in [6.45, 7) is 1.17. The number of hydrogen-bond acceptors (Lipinski definition) is 7. The molecule has 2 N–H and O–H groups in total. The minimum absolute atomic E-state index is 0.0946. The van der Waals surface area contributed by atoms with Gasteiger partial charge in [-0.15, -0.1) is 0 Å². The van der Waals surface area contributed by atoms with E-state index >= 15 is 0 Å². The number of aromatic hydroxyl groups is 1. The van der Waals surface area contributed by atoms with Crippen molar-refractivity contribution in [2.75, 3.05) is 18.3 Å². The molecule has 168 valence electrons. The summed E-state index contributed by atoms with van der Waals surface area (Å²) >= 11 is 0. The first-order valence-corrected chi connectivity index (χ1v) is 10.3. The van der Waals surface area contributed by atoms with E-state index in [0.29, 0.717) is 12.3 Å². The highest BCUT2D eigenvalue weighted by molar-refractivity contribution is 5.97. The van der Waals surface area contributed by atoms with Gasteiger partial charge in [0.25, 0.3) is 5.91 Å². The van der Waals surface area contributed by atoms with Crippen molar-refractivity contribution >= 4 is 11.9 Å². The summed E-state index contributed by atoms with van der Waals surface area (Å²) in [5.41, 5.74) is 0.605. The molecule has 10 heteroatoms. The summed E-state index contributed by atoms with van der Waals surface area (Å²) in [5, 5.41) is 21.6. The molecule has 2 aliphatic rings. The number of fused-ring (bicyclic) bond motifs is 2. The molecule has 4 heterocycles. The zero-order chi connectivity index (χ0) is 23.1. The lowest BCUT2D eigenvalue weighted by molar-refractivity contribution is 0.0654. The van der Waals surface area contributed by atoms with Crippen LogP contribution in [0.15, 0.2) is 53.6 Å². The number of rotatable bonds is 5. The summed E-state index contributed by atoms with van der Waals surface area (Å²) < 4.78 is 6.78. The molecule has 33 heavy (non-hydrogen) atoms. The maximum absolute atomic E-state index is 13.3. The molecule has 0 atom stereocenters. The number of aromatic nitrogens is 2. The predicted octanol–water partition coefficient (Wildman–Crippen LogP) is 1.33. The maximum Gasteiger partial charge on any atom is 0.341 e. The molecule has 0 fully saturated rings. The number of carboxylic acid groups (broad SMARTS) is 1. The van der Waals surface area contributed by atoms with E-state index in [1.807, 2.05) is 24.3 Å². The Labute approximate surface area is 187 Å². The van der Waals surface area contributed by atoms with Gasteiger partial charge < -0.3 is 19.8 Å². The maximum atomic E-state index is 13.3. The Balaban J connectivity index is 1.56. The fourth-order valence-corrected chi connectivity index (χ4v) is 4.13. The van der Waals surface area contributed by atoms with Crippen molar-refractivity contribution in [3.05, 3.63) is 87.1 Å². The van der Waals surface area contributed by atoms with E-state index in [9.17, 15) is 24.6 Å². The molecule has 2 aliphatic heterocycles. The standard InChI is InChI=1S/C23H20N4O6/c28-20-17(23(31)32)12-27-19(21(20)29)22(30)25(13-26(27)11-16-3-1-2-7-24-16)10-14-4-5-18-15(9-14)6-8-33-18/h1-5,7,9,12,29H,6,8,10-11,13H2,(H,31,32). The third-order valence-electron chi connectivity index (χ3n) is 5.72. The number of aromatic carboxylic acids is 1. The van der Waals surface area contributed by atoms with Crippen molar-refractivity contribution in [1.82, 2.24) is 14.6 Å². The van der Waals surface area contributed by atoms with Gasteiger partial charge in [-0.3, -0.25) is 24.3 Å². The summed E-state index contributed by atoms with van der Waals surface area (Å²) in [6, 6.07) is 11.1. The summed E-state index contributed by atoms with van der Waals surface area (Å²) in [5.74, 6) is -2.12. The van der Waals surface area contributed by atoms with Crippen LogP contribution in [0.4, 0.5) is 0 Å². The Morgan fingerprint density at radius 3 is 2.76 bits per heavy atom. The Kier molecular flexibility index (Phi) is 4.97. The van der Waals surface area contributed by atoms with Gasteiger partial charge in [-0.05, 0) is 29.3 Å². The zero-order valence-electron chi connectivity index (χ0n) is 17.5. The van der Waals surface area contributed by atoms with Crippen molar-refractivity contribution in [2.45, 2.75) is 19.5 Å². The molecular weight excluding hydrogens is 428 g/mol. The average molecular weight is 448 g/mol. The van der Waals surface area contributed by atoms with Crippen LogP contribution < -0.4 is 15.2 Å². The van der Waals surface area contributed by atoms with E-state index in [1.54, 1.807) is 23.3 Å². The number of ether oxygens (including phenoxy) is 1. The molecule has 0 unspecified atom stereocenters. The molecule has 0 aliphatic carbocycles. The highest BCUT2D eigenvalue weighted by Gasteiger charge is 2.34. The Bertz CT molecular complexity index is 1320. The van der Waals surface area contributed by atoms with Crippen LogP contribution in [0.3, 0.4) is 0 Å². The average Bonchev–Trinajstić information content (AvgIpc) is 3.27. The van der Waals surface area contributed by atoms with E-state index < -0.39 is 28.6 Å². The lowest BCUT2D eigenvalue weighted by Crippen LogP contribution is -2.53. The smallest absolute Gasteiger partial charge is 0.341 e.